The number of amides is 1. The number of carbonyl (C=O) groups is 3. The summed E-state index contributed by atoms with van der Waals surface area (Å²) in [6.07, 6.45) is -1.20. The second-order valence-electron chi connectivity index (χ2n) is 8.80. The smallest absolute Gasteiger partial charge is 0.332 e. The molecule has 0 saturated carbocycles. The molecule has 1 aromatic heterocycles. The van der Waals surface area contributed by atoms with E-state index >= 15 is 0 Å². The summed E-state index contributed by atoms with van der Waals surface area (Å²) in [7, 11) is 2.98. The van der Waals surface area contributed by atoms with Gasteiger partial charge in [0, 0.05) is 40.1 Å². The van der Waals surface area contributed by atoms with Gasteiger partial charge in [-0.1, -0.05) is 53.5 Å². The molecule has 3 rings (SSSR count). The summed E-state index contributed by atoms with van der Waals surface area (Å²) in [4.78, 5) is 62.2. The van der Waals surface area contributed by atoms with E-state index in [2.05, 4.69) is 5.32 Å². The Morgan fingerprint density at radius 1 is 0.949 bits per heavy atom. The monoisotopic (exact) mass is 575 g/mol. The highest BCUT2D eigenvalue weighted by atomic mass is 35.5. The van der Waals surface area contributed by atoms with Crippen molar-refractivity contribution in [2.45, 2.75) is 39.5 Å². The van der Waals surface area contributed by atoms with Crippen LogP contribution in [0.2, 0.25) is 10.0 Å². The van der Waals surface area contributed by atoms with Crippen molar-refractivity contribution in [1.82, 2.24) is 14.5 Å². The highest BCUT2D eigenvalue weighted by Crippen LogP contribution is 2.25. The summed E-state index contributed by atoms with van der Waals surface area (Å²) in [6, 6.07) is 10.1. The van der Waals surface area contributed by atoms with Crippen LogP contribution in [0.3, 0.4) is 0 Å². The lowest BCUT2D eigenvalue weighted by Gasteiger charge is -2.21. The lowest BCUT2D eigenvalue weighted by atomic mass is 10.00. The molecule has 2 atom stereocenters. The van der Waals surface area contributed by atoms with Gasteiger partial charge in [-0.05, 0) is 30.2 Å². The quantitative estimate of drug-likeness (QED) is 0.323. The lowest BCUT2D eigenvalue weighted by Crippen LogP contribution is -2.44. The number of aromatic nitrogens is 2. The van der Waals surface area contributed by atoms with Crippen LogP contribution in [-0.4, -0.2) is 39.3 Å². The topological polar surface area (TPSA) is 126 Å². The molecule has 0 saturated heterocycles. The standard InChI is InChI=1S/C27H27Cl2N3O7/c1-14-22(25(35)32(5)27(37)31(14)4)18-11-9-17(10-12-18)13-21(26(36)39-16(3)38-15(2)33)30-24(34)23-19(28)7-6-8-20(23)29/h6-12,16,21H,13H2,1-5H3,(H,30,34). The SMILES string of the molecule is CC(=O)OC(C)OC(=O)C(Cc1ccc(-c2c(C)n(C)c(=O)n(C)c2=O)cc1)NC(=O)c1c(Cl)cccc1Cl. The van der Waals surface area contributed by atoms with Crippen molar-refractivity contribution in [2.24, 2.45) is 14.1 Å². The van der Waals surface area contributed by atoms with Crippen molar-refractivity contribution in [2.75, 3.05) is 0 Å². The Morgan fingerprint density at radius 3 is 2.10 bits per heavy atom. The Bertz CT molecular complexity index is 1520. The van der Waals surface area contributed by atoms with Gasteiger partial charge in [-0.2, -0.15) is 0 Å². The van der Waals surface area contributed by atoms with Crippen molar-refractivity contribution in [3.63, 3.8) is 0 Å². The Balaban J connectivity index is 1.92. The molecular formula is C27H27Cl2N3O7. The molecule has 2 aromatic carbocycles. The third-order valence-electron chi connectivity index (χ3n) is 6.03. The van der Waals surface area contributed by atoms with E-state index in [1.54, 1.807) is 44.3 Å². The van der Waals surface area contributed by atoms with Crippen LogP contribution in [0, 0.1) is 6.92 Å². The Kier molecular flexibility index (Phi) is 9.36. The maximum Gasteiger partial charge on any atom is 0.332 e. The van der Waals surface area contributed by atoms with Crippen molar-refractivity contribution < 1.29 is 23.9 Å². The molecule has 0 bridgehead atoms. The van der Waals surface area contributed by atoms with Crippen molar-refractivity contribution in [3.05, 3.63) is 90.2 Å². The zero-order valence-corrected chi connectivity index (χ0v) is 23.4. The maximum absolute atomic E-state index is 13.0. The average Bonchev–Trinajstić information content (AvgIpc) is 2.86. The zero-order valence-electron chi connectivity index (χ0n) is 21.9. The summed E-state index contributed by atoms with van der Waals surface area (Å²) in [5.74, 6) is -2.20. The Hall–Kier alpha value is -3.89. The molecule has 0 aliphatic rings. The summed E-state index contributed by atoms with van der Waals surface area (Å²) in [5, 5.41) is 2.79. The molecule has 206 valence electrons. The number of rotatable bonds is 8. The molecular weight excluding hydrogens is 549 g/mol. The molecule has 1 N–H and O–H groups in total. The summed E-state index contributed by atoms with van der Waals surface area (Å²) in [6.45, 7) is 4.22. The van der Waals surface area contributed by atoms with Gasteiger partial charge in [0.05, 0.1) is 21.2 Å². The number of benzene rings is 2. The third kappa shape index (κ3) is 6.76. The first kappa shape index (κ1) is 29.7. The minimum Gasteiger partial charge on any atom is -0.426 e. The molecule has 3 aromatic rings. The summed E-state index contributed by atoms with van der Waals surface area (Å²) in [5.41, 5.74) is 1.17. The van der Waals surface area contributed by atoms with Crippen LogP contribution >= 0.6 is 23.2 Å². The van der Waals surface area contributed by atoms with Crippen molar-refractivity contribution in [1.29, 1.82) is 0 Å². The predicted octanol–water partition coefficient (Wildman–Crippen LogP) is 3.16. The van der Waals surface area contributed by atoms with E-state index in [1.807, 2.05) is 0 Å². The minimum absolute atomic E-state index is 0.00994. The van der Waals surface area contributed by atoms with Crippen LogP contribution in [0.15, 0.2) is 52.1 Å². The van der Waals surface area contributed by atoms with Gasteiger partial charge < -0.3 is 19.4 Å². The third-order valence-corrected chi connectivity index (χ3v) is 6.66. The predicted molar refractivity (Wildman–Crippen MR) is 146 cm³/mol. The molecule has 0 fully saturated rings. The highest BCUT2D eigenvalue weighted by molar-refractivity contribution is 6.39. The average molecular weight is 576 g/mol. The molecule has 2 unspecified atom stereocenters. The normalized spacial score (nSPS) is 12.4. The number of halogens is 2. The second-order valence-corrected chi connectivity index (χ2v) is 9.62. The number of nitrogens with zero attached hydrogens (tertiary/aromatic N) is 2. The Morgan fingerprint density at radius 2 is 1.54 bits per heavy atom. The van der Waals surface area contributed by atoms with Gasteiger partial charge in [-0.15, -0.1) is 0 Å². The van der Waals surface area contributed by atoms with Crippen LogP contribution in [-0.2, 0) is 39.6 Å². The van der Waals surface area contributed by atoms with Crippen LogP contribution < -0.4 is 16.6 Å². The number of nitrogens with one attached hydrogen (secondary N) is 1. The van der Waals surface area contributed by atoms with Gasteiger partial charge in [0.15, 0.2) is 0 Å². The number of carbonyl (C=O) groups excluding carboxylic acids is 3. The highest BCUT2D eigenvalue weighted by Gasteiger charge is 2.27. The van der Waals surface area contributed by atoms with E-state index in [1.165, 1.54) is 37.6 Å². The molecule has 1 amide bonds. The van der Waals surface area contributed by atoms with Crippen LogP contribution in [0.25, 0.3) is 11.1 Å². The van der Waals surface area contributed by atoms with E-state index in [-0.39, 0.29) is 22.0 Å². The number of hydrogen-bond donors (Lipinski definition) is 1. The first-order valence-corrected chi connectivity index (χ1v) is 12.6. The van der Waals surface area contributed by atoms with E-state index in [0.29, 0.717) is 22.4 Å². The fraction of sp³-hybridized carbons (Fsp3) is 0.296. The fourth-order valence-corrected chi connectivity index (χ4v) is 4.53. The summed E-state index contributed by atoms with van der Waals surface area (Å²) >= 11 is 12.3. The second kappa shape index (κ2) is 12.3. The van der Waals surface area contributed by atoms with Crippen LogP contribution in [0.4, 0.5) is 0 Å². The van der Waals surface area contributed by atoms with E-state index in [9.17, 15) is 24.0 Å². The summed E-state index contributed by atoms with van der Waals surface area (Å²) < 4.78 is 12.5. The molecule has 0 aliphatic carbocycles. The van der Waals surface area contributed by atoms with Gasteiger partial charge in [-0.25, -0.2) is 9.59 Å². The molecule has 39 heavy (non-hydrogen) atoms. The minimum atomic E-state index is -1.21. The van der Waals surface area contributed by atoms with Crippen molar-refractivity contribution in [3.8, 4) is 11.1 Å². The van der Waals surface area contributed by atoms with E-state index in [4.69, 9.17) is 32.7 Å². The molecule has 0 aliphatic heterocycles. The van der Waals surface area contributed by atoms with Crippen molar-refractivity contribution >= 4 is 41.0 Å². The zero-order chi connectivity index (χ0) is 29.0. The molecule has 1 heterocycles. The molecule has 10 nitrogen and oxygen atoms in total. The van der Waals surface area contributed by atoms with Gasteiger partial charge in [0.2, 0.25) is 6.29 Å². The number of esters is 2. The van der Waals surface area contributed by atoms with E-state index < -0.39 is 41.4 Å². The van der Waals surface area contributed by atoms with Crippen LogP contribution in [0.5, 0.6) is 0 Å². The fourth-order valence-electron chi connectivity index (χ4n) is 3.96. The lowest BCUT2D eigenvalue weighted by molar-refractivity contribution is -0.184. The number of ether oxygens (including phenoxy) is 2. The van der Waals surface area contributed by atoms with E-state index in [0.717, 1.165) is 4.57 Å². The molecule has 0 spiro atoms. The maximum atomic E-state index is 13.0. The first-order chi connectivity index (χ1) is 18.3. The van der Waals surface area contributed by atoms with Gasteiger partial charge >= 0.3 is 17.6 Å². The van der Waals surface area contributed by atoms with Gasteiger partial charge in [0.1, 0.15) is 6.04 Å². The van der Waals surface area contributed by atoms with Gasteiger partial charge in [-0.3, -0.25) is 19.0 Å². The van der Waals surface area contributed by atoms with Gasteiger partial charge in [0.25, 0.3) is 11.5 Å². The largest absolute Gasteiger partial charge is 0.426 e. The first-order valence-electron chi connectivity index (χ1n) is 11.8. The molecule has 0 radical (unpaired) electrons. The number of hydrogen-bond acceptors (Lipinski definition) is 7. The molecule has 12 heteroatoms. The Labute approximate surface area is 234 Å². The van der Waals surface area contributed by atoms with Crippen LogP contribution in [0.1, 0.15) is 35.5 Å².